The highest BCUT2D eigenvalue weighted by atomic mass is 35.5. The van der Waals surface area contributed by atoms with Crippen LogP contribution in [0.3, 0.4) is 0 Å². The molecule has 0 amide bonds. The van der Waals surface area contributed by atoms with Crippen LogP contribution >= 0.6 is 11.6 Å². The van der Waals surface area contributed by atoms with Crippen LogP contribution in [0.1, 0.15) is 25.3 Å². The van der Waals surface area contributed by atoms with Crippen LogP contribution in [-0.4, -0.2) is 43.4 Å². The predicted octanol–water partition coefficient (Wildman–Crippen LogP) is 2.55. The number of halogens is 1. The fraction of sp³-hybridized carbons (Fsp3) is 0.562. The Hall–Kier alpha value is -0.900. The van der Waals surface area contributed by atoms with Crippen molar-refractivity contribution in [2.45, 2.75) is 19.8 Å². The van der Waals surface area contributed by atoms with Crippen molar-refractivity contribution in [2.24, 2.45) is 5.92 Å². The van der Waals surface area contributed by atoms with Crippen LogP contribution in [0.25, 0.3) is 0 Å². The van der Waals surface area contributed by atoms with Crippen LogP contribution in [0.4, 0.5) is 0 Å². The van der Waals surface area contributed by atoms with Crippen LogP contribution < -0.4 is 5.32 Å². The number of Topliss-reactive ketones (excluding diaryl/α,β-unsaturated/α-hetero) is 1. The SMILES string of the molecule is CC(C)C(=O)[C@@H](CN1CCNCC1)c1ccc(Cl)cc1. The zero-order valence-electron chi connectivity index (χ0n) is 12.2. The van der Waals surface area contributed by atoms with Gasteiger partial charge < -0.3 is 5.32 Å². The molecule has 110 valence electrons. The molecule has 3 nitrogen and oxygen atoms in total. The molecule has 0 aliphatic carbocycles. The van der Waals surface area contributed by atoms with E-state index in [1.165, 1.54) is 0 Å². The van der Waals surface area contributed by atoms with E-state index in [1.807, 2.05) is 38.1 Å². The van der Waals surface area contributed by atoms with Crippen LogP contribution in [-0.2, 0) is 4.79 Å². The van der Waals surface area contributed by atoms with E-state index in [1.54, 1.807) is 0 Å². The molecule has 0 unspecified atom stereocenters. The molecule has 0 radical (unpaired) electrons. The van der Waals surface area contributed by atoms with E-state index in [-0.39, 0.29) is 11.8 Å². The molecular formula is C16H23ClN2O. The van der Waals surface area contributed by atoms with Crippen molar-refractivity contribution in [3.8, 4) is 0 Å². The summed E-state index contributed by atoms with van der Waals surface area (Å²) in [5.41, 5.74) is 1.08. The molecule has 1 N–H and O–H groups in total. The quantitative estimate of drug-likeness (QED) is 0.906. The monoisotopic (exact) mass is 294 g/mol. The molecule has 0 bridgehead atoms. The summed E-state index contributed by atoms with van der Waals surface area (Å²) in [7, 11) is 0. The van der Waals surface area contributed by atoms with Gasteiger partial charge in [-0.15, -0.1) is 0 Å². The Bertz CT molecular complexity index is 438. The lowest BCUT2D eigenvalue weighted by atomic mass is 9.88. The van der Waals surface area contributed by atoms with Gasteiger partial charge in [-0.1, -0.05) is 37.6 Å². The highest BCUT2D eigenvalue weighted by Gasteiger charge is 2.26. The summed E-state index contributed by atoms with van der Waals surface area (Å²) in [5, 5.41) is 4.06. The fourth-order valence-electron chi connectivity index (χ4n) is 2.61. The molecule has 20 heavy (non-hydrogen) atoms. The lowest BCUT2D eigenvalue weighted by molar-refractivity contribution is -0.123. The number of nitrogens with one attached hydrogen (secondary N) is 1. The van der Waals surface area contributed by atoms with Crippen LogP contribution in [0.15, 0.2) is 24.3 Å². The zero-order chi connectivity index (χ0) is 14.5. The second kappa shape index (κ2) is 7.21. The van der Waals surface area contributed by atoms with E-state index < -0.39 is 0 Å². The van der Waals surface area contributed by atoms with Gasteiger partial charge >= 0.3 is 0 Å². The van der Waals surface area contributed by atoms with Gasteiger partial charge in [0.15, 0.2) is 0 Å². The molecule has 4 heteroatoms. The molecule has 1 aromatic carbocycles. The van der Waals surface area contributed by atoms with Crippen molar-refractivity contribution in [3.05, 3.63) is 34.9 Å². The van der Waals surface area contributed by atoms with Crippen molar-refractivity contribution in [2.75, 3.05) is 32.7 Å². The van der Waals surface area contributed by atoms with Crippen LogP contribution in [0, 0.1) is 5.92 Å². The summed E-state index contributed by atoms with van der Waals surface area (Å²) in [6.07, 6.45) is 0. The highest BCUT2D eigenvalue weighted by molar-refractivity contribution is 6.30. The van der Waals surface area contributed by atoms with E-state index in [4.69, 9.17) is 11.6 Å². The third kappa shape index (κ3) is 4.05. The number of nitrogens with zero attached hydrogens (tertiary/aromatic N) is 1. The van der Waals surface area contributed by atoms with E-state index in [2.05, 4.69) is 10.2 Å². The molecule has 1 atom stereocenters. The molecule has 1 aliphatic rings. The molecule has 1 fully saturated rings. The summed E-state index contributed by atoms with van der Waals surface area (Å²) in [6.45, 7) is 8.78. The summed E-state index contributed by atoms with van der Waals surface area (Å²) in [6, 6.07) is 7.70. The normalized spacial score (nSPS) is 18.2. The first-order chi connectivity index (χ1) is 9.58. The Labute approximate surface area is 126 Å². The topological polar surface area (TPSA) is 32.3 Å². The van der Waals surface area contributed by atoms with Gasteiger partial charge in [0.1, 0.15) is 5.78 Å². The average molecular weight is 295 g/mol. The number of benzene rings is 1. The van der Waals surface area contributed by atoms with E-state index in [0.717, 1.165) is 38.3 Å². The van der Waals surface area contributed by atoms with Crippen molar-refractivity contribution in [3.63, 3.8) is 0 Å². The van der Waals surface area contributed by atoms with Gasteiger partial charge in [-0.3, -0.25) is 9.69 Å². The van der Waals surface area contributed by atoms with E-state index >= 15 is 0 Å². The number of carbonyl (C=O) groups excluding carboxylic acids is 1. The van der Waals surface area contributed by atoms with Gasteiger partial charge in [0.25, 0.3) is 0 Å². The summed E-state index contributed by atoms with van der Waals surface area (Å²) in [4.78, 5) is 14.9. The largest absolute Gasteiger partial charge is 0.314 e. The Morgan fingerprint density at radius 1 is 1.25 bits per heavy atom. The Kier molecular flexibility index (Phi) is 5.58. The number of piperazine rings is 1. The first-order valence-corrected chi connectivity index (χ1v) is 7.68. The van der Waals surface area contributed by atoms with Crippen molar-refractivity contribution < 1.29 is 4.79 Å². The molecule has 2 rings (SSSR count). The maximum atomic E-state index is 12.5. The Balaban J connectivity index is 2.15. The molecule has 0 spiro atoms. The van der Waals surface area contributed by atoms with Gasteiger partial charge in [-0.2, -0.15) is 0 Å². The first-order valence-electron chi connectivity index (χ1n) is 7.30. The van der Waals surface area contributed by atoms with Crippen molar-refractivity contribution in [1.82, 2.24) is 10.2 Å². The van der Waals surface area contributed by atoms with E-state index in [9.17, 15) is 4.79 Å². The predicted molar refractivity (Wildman–Crippen MR) is 83.3 cm³/mol. The third-order valence-corrected chi connectivity index (χ3v) is 4.09. The summed E-state index contributed by atoms with van der Waals surface area (Å²) in [5.74, 6) is 0.315. The Morgan fingerprint density at radius 2 is 1.85 bits per heavy atom. The van der Waals surface area contributed by atoms with Crippen molar-refractivity contribution in [1.29, 1.82) is 0 Å². The molecular weight excluding hydrogens is 272 g/mol. The smallest absolute Gasteiger partial charge is 0.144 e. The Morgan fingerprint density at radius 3 is 2.40 bits per heavy atom. The molecule has 1 aromatic rings. The first kappa shape index (κ1) is 15.5. The zero-order valence-corrected chi connectivity index (χ0v) is 13.0. The number of hydrogen-bond donors (Lipinski definition) is 1. The summed E-state index contributed by atoms with van der Waals surface area (Å²) >= 11 is 5.95. The molecule has 1 aliphatic heterocycles. The van der Waals surface area contributed by atoms with Gasteiger partial charge in [0.05, 0.1) is 5.92 Å². The second-order valence-corrected chi connectivity index (χ2v) is 6.15. The fourth-order valence-corrected chi connectivity index (χ4v) is 2.74. The maximum Gasteiger partial charge on any atom is 0.144 e. The lowest BCUT2D eigenvalue weighted by Crippen LogP contribution is -2.46. The van der Waals surface area contributed by atoms with Crippen LogP contribution in [0.5, 0.6) is 0 Å². The molecule has 1 heterocycles. The minimum absolute atomic E-state index is 0.0506. The van der Waals surface area contributed by atoms with Crippen LogP contribution in [0.2, 0.25) is 5.02 Å². The maximum absolute atomic E-state index is 12.5. The minimum Gasteiger partial charge on any atom is -0.314 e. The van der Waals surface area contributed by atoms with E-state index in [0.29, 0.717) is 10.8 Å². The third-order valence-electron chi connectivity index (χ3n) is 3.84. The molecule has 1 saturated heterocycles. The summed E-state index contributed by atoms with van der Waals surface area (Å²) < 4.78 is 0. The number of hydrogen-bond acceptors (Lipinski definition) is 3. The number of rotatable bonds is 5. The number of ketones is 1. The lowest BCUT2D eigenvalue weighted by Gasteiger charge is -2.31. The van der Waals surface area contributed by atoms with Gasteiger partial charge in [0.2, 0.25) is 0 Å². The van der Waals surface area contributed by atoms with Gasteiger partial charge in [-0.05, 0) is 17.7 Å². The second-order valence-electron chi connectivity index (χ2n) is 5.71. The number of carbonyl (C=O) groups is 1. The van der Waals surface area contributed by atoms with Gasteiger partial charge in [0, 0.05) is 43.7 Å². The average Bonchev–Trinajstić information content (AvgIpc) is 2.46. The van der Waals surface area contributed by atoms with Crippen molar-refractivity contribution >= 4 is 17.4 Å². The molecule has 0 aromatic heterocycles. The highest BCUT2D eigenvalue weighted by Crippen LogP contribution is 2.23. The molecule has 0 saturated carbocycles. The van der Waals surface area contributed by atoms with Gasteiger partial charge in [-0.25, -0.2) is 0 Å². The minimum atomic E-state index is -0.0506. The standard InChI is InChI=1S/C16H23ClN2O/c1-12(2)16(20)15(11-19-9-7-18-8-10-19)13-3-5-14(17)6-4-13/h3-6,12,15,18H,7-11H2,1-2H3/t15-/m0/s1.